The number of nitrogens with zero attached hydrogens (tertiary/aromatic N) is 1. The molecule has 0 radical (unpaired) electrons. The summed E-state index contributed by atoms with van der Waals surface area (Å²) in [6.45, 7) is 0. The SMILES string of the molecule is N[C@@]12CCC[C@@](NC(=O)c3ncc(F)cc3F)(CC1)C2. The predicted molar refractivity (Wildman–Crippen MR) is 69.0 cm³/mol. The summed E-state index contributed by atoms with van der Waals surface area (Å²) in [5.41, 5.74) is 5.34. The zero-order chi connectivity index (χ0) is 14.4. The lowest BCUT2D eigenvalue weighted by Crippen LogP contribution is -2.52. The summed E-state index contributed by atoms with van der Waals surface area (Å²) in [6, 6.07) is 0.669. The third-order valence-electron chi connectivity index (χ3n) is 4.52. The Labute approximate surface area is 115 Å². The molecule has 2 saturated carbocycles. The molecule has 2 aliphatic carbocycles. The minimum Gasteiger partial charge on any atom is -0.345 e. The molecular weight excluding hydrogens is 264 g/mol. The smallest absolute Gasteiger partial charge is 0.273 e. The lowest BCUT2D eigenvalue weighted by Gasteiger charge is -2.37. The van der Waals surface area contributed by atoms with Crippen LogP contribution in [-0.2, 0) is 0 Å². The van der Waals surface area contributed by atoms with Crippen molar-refractivity contribution in [2.24, 2.45) is 5.73 Å². The van der Waals surface area contributed by atoms with E-state index in [4.69, 9.17) is 5.73 Å². The number of rotatable bonds is 2. The third kappa shape index (κ3) is 2.28. The van der Waals surface area contributed by atoms with Crippen molar-refractivity contribution in [2.45, 2.75) is 49.6 Å². The molecule has 1 aromatic heterocycles. The van der Waals surface area contributed by atoms with Gasteiger partial charge in [0.1, 0.15) is 5.82 Å². The van der Waals surface area contributed by atoms with Gasteiger partial charge in [-0.25, -0.2) is 13.8 Å². The van der Waals surface area contributed by atoms with Crippen LogP contribution in [0.3, 0.4) is 0 Å². The van der Waals surface area contributed by atoms with E-state index in [0.717, 1.165) is 38.3 Å². The summed E-state index contributed by atoms with van der Waals surface area (Å²) in [4.78, 5) is 15.7. The topological polar surface area (TPSA) is 68.0 Å². The van der Waals surface area contributed by atoms with Gasteiger partial charge in [0.15, 0.2) is 11.5 Å². The van der Waals surface area contributed by atoms with E-state index >= 15 is 0 Å². The van der Waals surface area contributed by atoms with Crippen molar-refractivity contribution in [2.75, 3.05) is 0 Å². The number of carbonyl (C=O) groups excluding carboxylic acids is 1. The van der Waals surface area contributed by atoms with Crippen molar-refractivity contribution in [3.05, 3.63) is 29.6 Å². The largest absolute Gasteiger partial charge is 0.345 e. The zero-order valence-corrected chi connectivity index (χ0v) is 11.1. The number of carbonyl (C=O) groups is 1. The van der Waals surface area contributed by atoms with Crippen molar-refractivity contribution in [1.82, 2.24) is 10.3 Å². The molecule has 108 valence electrons. The maximum absolute atomic E-state index is 13.6. The van der Waals surface area contributed by atoms with E-state index in [9.17, 15) is 13.6 Å². The van der Waals surface area contributed by atoms with E-state index in [1.807, 2.05) is 0 Å². The molecule has 1 aromatic rings. The van der Waals surface area contributed by atoms with Gasteiger partial charge in [0.25, 0.3) is 5.91 Å². The number of aromatic nitrogens is 1. The van der Waals surface area contributed by atoms with Crippen molar-refractivity contribution in [3.63, 3.8) is 0 Å². The molecular formula is C14H17F2N3O. The number of hydrogen-bond donors (Lipinski definition) is 2. The van der Waals surface area contributed by atoms with Gasteiger partial charge in [0.2, 0.25) is 0 Å². The Morgan fingerprint density at radius 3 is 2.85 bits per heavy atom. The number of fused-ring (bicyclic) bond motifs is 2. The van der Waals surface area contributed by atoms with Gasteiger partial charge in [-0.3, -0.25) is 4.79 Å². The van der Waals surface area contributed by atoms with Crippen LogP contribution in [0.25, 0.3) is 0 Å². The van der Waals surface area contributed by atoms with Crippen LogP contribution < -0.4 is 11.1 Å². The molecule has 2 aliphatic rings. The second kappa shape index (κ2) is 4.48. The lowest BCUT2D eigenvalue weighted by atomic mass is 9.79. The van der Waals surface area contributed by atoms with Gasteiger partial charge in [0, 0.05) is 17.1 Å². The van der Waals surface area contributed by atoms with Gasteiger partial charge in [-0.1, -0.05) is 0 Å². The Kier molecular flexibility index (Phi) is 3.01. The van der Waals surface area contributed by atoms with Crippen LogP contribution in [0.5, 0.6) is 0 Å². The third-order valence-corrected chi connectivity index (χ3v) is 4.52. The first kappa shape index (κ1) is 13.4. The van der Waals surface area contributed by atoms with E-state index in [1.54, 1.807) is 0 Å². The maximum atomic E-state index is 13.6. The van der Waals surface area contributed by atoms with Gasteiger partial charge in [-0.15, -0.1) is 0 Å². The zero-order valence-electron chi connectivity index (χ0n) is 11.1. The summed E-state index contributed by atoms with van der Waals surface area (Å²) in [7, 11) is 0. The molecule has 1 amide bonds. The number of hydrogen-bond acceptors (Lipinski definition) is 3. The van der Waals surface area contributed by atoms with E-state index in [1.165, 1.54) is 0 Å². The molecule has 2 bridgehead atoms. The Balaban J connectivity index is 1.79. The minimum atomic E-state index is -0.938. The molecule has 2 fully saturated rings. The summed E-state index contributed by atoms with van der Waals surface area (Å²) >= 11 is 0. The van der Waals surface area contributed by atoms with Crippen molar-refractivity contribution in [3.8, 4) is 0 Å². The monoisotopic (exact) mass is 281 g/mol. The fourth-order valence-electron chi connectivity index (χ4n) is 3.60. The van der Waals surface area contributed by atoms with Gasteiger partial charge >= 0.3 is 0 Å². The highest BCUT2D eigenvalue weighted by Gasteiger charge is 2.49. The van der Waals surface area contributed by atoms with Crippen LogP contribution in [0.15, 0.2) is 12.3 Å². The molecule has 0 unspecified atom stereocenters. The number of amides is 1. The quantitative estimate of drug-likeness (QED) is 0.870. The number of pyridine rings is 1. The van der Waals surface area contributed by atoms with E-state index in [-0.39, 0.29) is 16.8 Å². The summed E-state index contributed by atoms with van der Waals surface area (Å²) in [5, 5.41) is 2.88. The highest BCUT2D eigenvalue weighted by molar-refractivity contribution is 5.93. The normalized spacial score (nSPS) is 32.1. The summed E-state index contributed by atoms with van der Waals surface area (Å²) in [5.74, 6) is -2.32. The molecule has 3 rings (SSSR count). The molecule has 0 aromatic carbocycles. The molecule has 0 aliphatic heterocycles. The van der Waals surface area contributed by atoms with E-state index in [0.29, 0.717) is 12.5 Å². The average Bonchev–Trinajstić information content (AvgIpc) is 2.59. The second-order valence-corrected chi connectivity index (χ2v) is 6.11. The maximum Gasteiger partial charge on any atom is 0.273 e. The summed E-state index contributed by atoms with van der Waals surface area (Å²) in [6.07, 6.45) is 6.00. The minimum absolute atomic E-state index is 0.208. The fourth-order valence-corrected chi connectivity index (χ4v) is 3.60. The first-order chi connectivity index (χ1) is 9.41. The van der Waals surface area contributed by atoms with Gasteiger partial charge in [0.05, 0.1) is 6.20 Å². The highest BCUT2D eigenvalue weighted by atomic mass is 19.1. The molecule has 4 nitrogen and oxygen atoms in total. The molecule has 3 N–H and O–H groups in total. The van der Waals surface area contributed by atoms with Crippen LogP contribution in [0.2, 0.25) is 0 Å². The molecule has 1 heterocycles. The number of halogens is 2. The Morgan fingerprint density at radius 1 is 1.30 bits per heavy atom. The molecule has 20 heavy (non-hydrogen) atoms. The Morgan fingerprint density at radius 2 is 2.10 bits per heavy atom. The van der Waals surface area contributed by atoms with E-state index in [2.05, 4.69) is 10.3 Å². The predicted octanol–water partition coefficient (Wildman–Crippen LogP) is 1.89. The number of nitrogens with one attached hydrogen (secondary N) is 1. The van der Waals surface area contributed by atoms with Crippen LogP contribution in [0.4, 0.5) is 8.78 Å². The molecule has 2 atom stereocenters. The van der Waals surface area contributed by atoms with Crippen LogP contribution in [-0.4, -0.2) is 22.0 Å². The second-order valence-electron chi connectivity index (χ2n) is 6.11. The van der Waals surface area contributed by atoms with Gasteiger partial charge < -0.3 is 11.1 Å². The highest BCUT2D eigenvalue weighted by Crippen LogP contribution is 2.46. The van der Waals surface area contributed by atoms with E-state index < -0.39 is 17.5 Å². The fraction of sp³-hybridized carbons (Fsp3) is 0.571. The average molecular weight is 281 g/mol. The van der Waals surface area contributed by atoms with Crippen molar-refractivity contribution in [1.29, 1.82) is 0 Å². The van der Waals surface area contributed by atoms with Gasteiger partial charge in [-0.2, -0.15) is 0 Å². The van der Waals surface area contributed by atoms with Crippen molar-refractivity contribution < 1.29 is 13.6 Å². The first-order valence-corrected chi connectivity index (χ1v) is 6.84. The Hall–Kier alpha value is -1.56. The molecule has 6 heteroatoms. The standard InChI is InChI=1S/C14H17F2N3O/c15-9-6-10(16)11(18-7-9)12(20)19-14-3-1-2-13(17,8-14)4-5-14/h6-7H,1-5,8,17H2,(H,19,20)/t13-,14+/m0/s1. The molecule has 0 spiro atoms. The molecule has 0 saturated heterocycles. The van der Waals surface area contributed by atoms with Crippen molar-refractivity contribution >= 4 is 5.91 Å². The first-order valence-electron chi connectivity index (χ1n) is 6.84. The lowest BCUT2D eigenvalue weighted by molar-refractivity contribution is 0.0866. The Bertz CT molecular complexity index is 565. The van der Waals surface area contributed by atoms with Crippen LogP contribution >= 0.6 is 0 Å². The number of nitrogens with two attached hydrogens (primary N) is 1. The van der Waals surface area contributed by atoms with Crippen LogP contribution in [0, 0.1) is 11.6 Å². The van der Waals surface area contributed by atoms with Gasteiger partial charge in [-0.05, 0) is 38.5 Å². The summed E-state index contributed by atoms with van der Waals surface area (Å²) < 4.78 is 26.4. The van der Waals surface area contributed by atoms with Crippen LogP contribution in [0.1, 0.15) is 49.0 Å².